The molecule has 6 nitrogen and oxygen atoms in total. The van der Waals surface area contributed by atoms with Crippen molar-refractivity contribution >= 4 is 17.6 Å². The number of piperazine rings is 1. The number of imide groups is 1. The predicted molar refractivity (Wildman–Crippen MR) is 116 cm³/mol. The highest BCUT2D eigenvalue weighted by atomic mass is 16.2. The van der Waals surface area contributed by atoms with E-state index in [2.05, 4.69) is 51.6 Å². The van der Waals surface area contributed by atoms with Crippen molar-refractivity contribution in [1.29, 1.82) is 0 Å². The quantitative estimate of drug-likeness (QED) is 0.818. The molecule has 0 atom stereocenters. The number of urea groups is 1. The minimum absolute atomic E-state index is 0.235. The van der Waals surface area contributed by atoms with Crippen LogP contribution in [-0.4, -0.2) is 54.5 Å². The third-order valence-electron chi connectivity index (χ3n) is 5.43. The van der Waals surface area contributed by atoms with Crippen LogP contribution >= 0.6 is 0 Å². The summed E-state index contributed by atoms with van der Waals surface area (Å²) in [6, 6.07) is 13.8. The maximum Gasteiger partial charge on any atom is 0.325 e. The molecule has 1 fully saturated rings. The number of amides is 3. The molecule has 1 saturated heterocycles. The van der Waals surface area contributed by atoms with Crippen LogP contribution in [0, 0.1) is 20.8 Å². The molecular weight excluding hydrogens is 364 g/mol. The van der Waals surface area contributed by atoms with Gasteiger partial charge in [-0.25, -0.2) is 4.79 Å². The Hall–Kier alpha value is -2.70. The van der Waals surface area contributed by atoms with E-state index in [4.69, 9.17) is 0 Å². The van der Waals surface area contributed by atoms with Gasteiger partial charge in [0.25, 0.3) is 0 Å². The minimum atomic E-state index is -0.484. The number of anilines is 1. The molecule has 0 spiro atoms. The largest absolute Gasteiger partial charge is 0.325 e. The smallest absolute Gasteiger partial charge is 0.307 e. The normalized spacial score (nSPS) is 15.1. The average molecular weight is 395 g/mol. The standard InChI is InChI=1S/C23H30N4O2/c1-17-6-4-8-20(14-17)15-26-10-12-27(13-11-26)16-22(28)25-23(29)24-21-9-5-7-18(2)19(21)3/h4-9,14H,10-13,15-16H2,1-3H3,(H2,24,25,28,29). The van der Waals surface area contributed by atoms with Gasteiger partial charge in [0.05, 0.1) is 6.54 Å². The average Bonchev–Trinajstić information content (AvgIpc) is 2.67. The number of nitrogens with one attached hydrogen (secondary N) is 2. The van der Waals surface area contributed by atoms with Gasteiger partial charge in [0.2, 0.25) is 5.91 Å². The van der Waals surface area contributed by atoms with E-state index in [-0.39, 0.29) is 12.5 Å². The predicted octanol–water partition coefficient (Wildman–Crippen LogP) is 3.08. The number of carbonyl (C=O) groups is 2. The number of nitrogens with zero attached hydrogens (tertiary/aromatic N) is 2. The molecule has 2 aromatic carbocycles. The lowest BCUT2D eigenvalue weighted by Crippen LogP contribution is -2.50. The Bertz CT molecular complexity index is 873. The summed E-state index contributed by atoms with van der Waals surface area (Å²) < 4.78 is 0. The lowest BCUT2D eigenvalue weighted by Gasteiger charge is -2.34. The fraction of sp³-hybridized carbons (Fsp3) is 0.391. The summed E-state index contributed by atoms with van der Waals surface area (Å²) in [7, 11) is 0. The molecule has 6 heteroatoms. The second-order valence-electron chi connectivity index (χ2n) is 7.79. The summed E-state index contributed by atoms with van der Waals surface area (Å²) in [6.45, 7) is 10.7. The van der Waals surface area contributed by atoms with E-state index in [9.17, 15) is 9.59 Å². The first-order valence-electron chi connectivity index (χ1n) is 10.1. The highest BCUT2D eigenvalue weighted by molar-refractivity contribution is 6.02. The topological polar surface area (TPSA) is 64.7 Å². The van der Waals surface area contributed by atoms with Crippen LogP contribution < -0.4 is 10.6 Å². The van der Waals surface area contributed by atoms with Crippen molar-refractivity contribution in [3.05, 3.63) is 64.7 Å². The van der Waals surface area contributed by atoms with Gasteiger partial charge in [-0.2, -0.15) is 0 Å². The molecule has 1 aliphatic rings. The highest BCUT2D eigenvalue weighted by Crippen LogP contribution is 2.17. The molecule has 1 aliphatic heterocycles. The van der Waals surface area contributed by atoms with Gasteiger partial charge in [-0.3, -0.25) is 19.9 Å². The lowest BCUT2D eigenvalue weighted by molar-refractivity contribution is -0.121. The van der Waals surface area contributed by atoms with Crippen LogP contribution in [0.5, 0.6) is 0 Å². The van der Waals surface area contributed by atoms with Crippen LogP contribution in [0.3, 0.4) is 0 Å². The second-order valence-corrected chi connectivity index (χ2v) is 7.79. The van der Waals surface area contributed by atoms with Gasteiger partial charge >= 0.3 is 6.03 Å². The zero-order chi connectivity index (χ0) is 20.8. The van der Waals surface area contributed by atoms with Crippen molar-refractivity contribution < 1.29 is 9.59 Å². The Morgan fingerprint density at radius 2 is 1.62 bits per heavy atom. The summed E-state index contributed by atoms with van der Waals surface area (Å²) in [5.74, 6) is -0.278. The zero-order valence-electron chi connectivity index (χ0n) is 17.5. The van der Waals surface area contributed by atoms with Gasteiger partial charge in [-0.1, -0.05) is 42.0 Å². The van der Waals surface area contributed by atoms with Gasteiger partial charge in [-0.15, -0.1) is 0 Å². The van der Waals surface area contributed by atoms with Crippen molar-refractivity contribution in [3.8, 4) is 0 Å². The van der Waals surface area contributed by atoms with Crippen molar-refractivity contribution in [1.82, 2.24) is 15.1 Å². The van der Waals surface area contributed by atoms with Crippen LogP contribution in [0.15, 0.2) is 42.5 Å². The molecule has 3 amide bonds. The second kappa shape index (κ2) is 9.67. The van der Waals surface area contributed by atoms with E-state index in [0.29, 0.717) is 0 Å². The van der Waals surface area contributed by atoms with E-state index < -0.39 is 6.03 Å². The van der Waals surface area contributed by atoms with Crippen LogP contribution in [0.1, 0.15) is 22.3 Å². The van der Waals surface area contributed by atoms with Crippen molar-refractivity contribution in [2.75, 3.05) is 38.0 Å². The molecule has 0 radical (unpaired) electrons. The third kappa shape index (κ3) is 6.14. The molecule has 2 N–H and O–H groups in total. The first-order chi connectivity index (χ1) is 13.9. The molecule has 3 rings (SSSR count). The number of rotatable bonds is 5. The maximum absolute atomic E-state index is 12.2. The number of benzene rings is 2. The molecule has 0 aliphatic carbocycles. The molecule has 0 bridgehead atoms. The summed E-state index contributed by atoms with van der Waals surface area (Å²) in [6.07, 6.45) is 0. The Balaban J connectivity index is 1.41. The van der Waals surface area contributed by atoms with Crippen LogP contribution in [0.25, 0.3) is 0 Å². The Morgan fingerprint density at radius 3 is 2.34 bits per heavy atom. The first-order valence-corrected chi connectivity index (χ1v) is 10.1. The van der Waals surface area contributed by atoms with E-state index in [1.54, 1.807) is 0 Å². The molecule has 0 saturated carbocycles. The van der Waals surface area contributed by atoms with E-state index in [1.165, 1.54) is 11.1 Å². The Labute approximate surface area is 172 Å². The molecule has 154 valence electrons. The zero-order valence-corrected chi connectivity index (χ0v) is 17.5. The molecule has 2 aromatic rings. The van der Waals surface area contributed by atoms with Crippen LogP contribution in [-0.2, 0) is 11.3 Å². The first kappa shape index (κ1) is 21.0. The fourth-order valence-corrected chi connectivity index (χ4v) is 3.58. The number of hydrogen-bond acceptors (Lipinski definition) is 4. The van der Waals surface area contributed by atoms with E-state index in [0.717, 1.165) is 49.5 Å². The Morgan fingerprint density at radius 1 is 0.931 bits per heavy atom. The maximum atomic E-state index is 12.2. The molecular formula is C23H30N4O2. The summed E-state index contributed by atoms with van der Waals surface area (Å²) in [5, 5.41) is 5.20. The number of aryl methyl sites for hydroxylation is 2. The van der Waals surface area contributed by atoms with E-state index in [1.807, 2.05) is 32.0 Å². The van der Waals surface area contributed by atoms with Crippen molar-refractivity contribution in [2.24, 2.45) is 0 Å². The number of hydrogen-bond donors (Lipinski definition) is 2. The SMILES string of the molecule is Cc1cccc(CN2CCN(CC(=O)NC(=O)Nc3cccc(C)c3C)CC2)c1. The van der Waals surface area contributed by atoms with Crippen LogP contribution in [0.2, 0.25) is 0 Å². The molecule has 1 heterocycles. The van der Waals surface area contributed by atoms with Crippen molar-refractivity contribution in [3.63, 3.8) is 0 Å². The van der Waals surface area contributed by atoms with Crippen LogP contribution in [0.4, 0.5) is 10.5 Å². The molecule has 0 unspecified atom stereocenters. The Kier molecular flexibility index (Phi) is 7.01. The molecule has 29 heavy (non-hydrogen) atoms. The highest BCUT2D eigenvalue weighted by Gasteiger charge is 2.20. The van der Waals surface area contributed by atoms with Gasteiger partial charge in [0.1, 0.15) is 0 Å². The van der Waals surface area contributed by atoms with E-state index >= 15 is 0 Å². The summed E-state index contributed by atoms with van der Waals surface area (Å²) in [4.78, 5) is 28.9. The van der Waals surface area contributed by atoms with Crippen molar-refractivity contribution in [2.45, 2.75) is 27.3 Å². The molecule has 0 aromatic heterocycles. The minimum Gasteiger partial charge on any atom is -0.307 e. The number of carbonyl (C=O) groups excluding carboxylic acids is 2. The van der Waals surface area contributed by atoms with Gasteiger partial charge in [-0.05, 0) is 43.5 Å². The van der Waals surface area contributed by atoms with Gasteiger partial charge < -0.3 is 5.32 Å². The lowest BCUT2D eigenvalue weighted by atomic mass is 10.1. The summed E-state index contributed by atoms with van der Waals surface area (Å²) in [5.41, 5.74) is 5.41. The third-order valence-corrected chi connectivity index (χ3v) is 5.43. The van der Waals surface area contributed by atoms with Gasteiger partial charge in [0.15, 0.2) is 0 Å². The fourth-order valence-electron chi connectivity index (χ4n) is 3.58. The summed E-state index contributed by atoms with van der Waals surface area (Å²) >= 11 is 0. The van der Waals surface area contributed by atoms with Gasteiger partial charge in [0, 0.05) is 38.4 Å². The monoisotopic (exact) mass is 394 g/mol.